The Labute approximate surface area is 142 Å². The van der Waals surface area contributed by atoms with E-state index in [1.165, 1.54) is 17.0 Å². The zero-order valence-corrected chi connectivity index (χ0v) is 13.4. The van der Waals surface area contributed by atoms with E-state index < -0.39 is 4.92 Å². The second kappa shape index (κ2) is 6.88. The van der Waals surface area contributed by atoms with Crippen molar-refractivity contribution in [3.63, 3.8) is 0 Å². The van der Waals surface area contributed by atoms with Gasteiger partial charge in [-0.15, -0.1) is 0 Å². The van der Waals surface area contributed by atoms with E-state index in [-0.39, 0.29) is 11.2 Å². The van der Waals surface area contributed by atoms with Gasteiger partial charge in [0.25, 0.3) is 11.2 Å². The van der Waals surface area contributed by atoms with Crippen molar-refractivity contribution in [1.82, 2.24) is 9.66 Å². The molecule has 0 atom stereocenters. The molecular formula is C18H14N4O3. The first-order valence-electron chi connectivity index (χ1n) is 7.51. The SMILES string of the molecule is Cc1nc2ccccc2c(=O)n1/N=C\C=C\c1ccccc1[N+](=O)[O-]. The van der Waals surface area contributed by atoms with Gasteiger partial charge in [0, 0.05) is 12.3 Å². The molecule has 1 aromatic heterocycles. The molecule has 0 aliphatic rings. The molecule has 7 nitrogen and oxygen atoms in total. The summed E-state index contributed by atoms with van der Waals surface area (Å²) in [7, 11) is 0. The first-order chi connectivity index (χ1) is 12.1. The van der Waals surface area contributed by atoms with Crippen molar-refractivity contribution in [3.05, 3.63) is 86.5 Å². The number of benzene rings is 2. The highest BCUT2D eigenvalue weighted by molar-refractivity contribution is 5.80. The molecular weight excluding hydrogens is 320 g/mol. The summed E-state index contributed by atoms with van der Waals surface area (Å²) >= 11 is 0. The van der Waals surface area contributed by atoms with Gasteiger partial charge in [-0.2, -0.15) is 9.78 Å². The van der Waals surface area contributed by atoms with Gasteiger partial charge < -0.3 is 0 Å². The van der Waals surface area contributed by atoms with Gasteiger partial charge in [0.1, 0.15) is 5.82 Å². The Morgan fingerprint density at radius 1 is 1.16 bits per heavy atom. The molecule has 0 spiro atoms. The molecule has 0 amide bonds. The van der Waals surface area contributed by atoms with Gasteiger partial charge in [-0.3, -0.25) is 14.9 Å². The number of nitro groups is 1. The predicted molar refractivity (Wildman–Crippen MR) is 96.8 cm³/mol. The summed E-state index contributed by atoms with van der Waals surface area (Å²) in [6, 6.07) is 13.4. The summed E-state index contributed by atoms with van der Waals surface area (Å²) in [6.45, 7) is 1.69. The van der Waals surface area contributed by atoms with Crippen LogP contribution in [0.1, 0.15) is 11.4 Å². The van der Waals surface area contributed by atoms with Crippen LogP contribution in [-0.2, 0) is 0 Å². The number of aryl methyl sites for hydroxylation is 1. The van der Waals surface area contributed by atoms with Crippen molar-refractivity contribution in [3.8, 4) is 0 Å². The zero-order chi connectivity index (χ0) is 17.8. The van der Waals surface area contributed by atoms with Gasteiger partial charge in [-0.25, -0.2) is 4.98 Å². The fourth-order valence-electron chi connectivity index (χ4n) is 2.42. The topological polar surface area (TPSA) is 90.4 Å². The summed E-state index contributed by atoms with van der Waals surface area (Å²) in [5.74, 6) is 0.457. The first kappa shape index (κ1) is 16.3. The minimum atomic E-state index is -0.446. The van der Waals surface area contributed by atoms with E-state index in [1.807, 2.05) is 6.07 Å². The normalized spacial score (nSPS) is 11.6. The number of hydrogen-bond acceptors (Lipinski definition) is 5. The van der Waals surface area contributed by atoms with E-state index in [0.29, 0.717) is 22.3 Å². The number of para-hydroxylation sites is 2. The van der Waals surface area contributed by atoms with Crippen molar-refractivity contribution in [2.24, 2.45) is 5.10 Å². The average molecular weight is 334 g/mol. The van der Waals surface area contributed by atoms with Crippen molar-refractivity contribution >= 4 is 28.9 Å². The van der Waals surface area contributed by atoms with Gasteiger partial charge in [0.2, 0.25) is 0 Å². The maximum absolute atomic E-state index is 12.5. The molecule has 0 aliphatic heterocycles. The monoisotopic (exact) mass is 334 g/mol. The smallest absolute Gasteiger partial charge is 0.267 e. The molecule has 0 saturated heterocycles. The van der Waals surface area contributed by atoms with Crippen LogP contribution in [0.25, 0.3) is 17.0 Å². The molecule has 0 bridgehead atoms. The summed E-state index contributed by atoms with van der Waals surface area (Å²) in [4.78, 5) is 27.3. The number of aromatic nitrogens is 2. The molecule has 0 fully saturated rings. The summed E-state index contributed by atoms with van der Waals surface area (Å²) in [5.41, 5.74) is 0.817. The van der Waals surface area contributed by atoms with Crippen LogP contribution >= 0.6 is 0 Å². The fourth-order valence-corrected chi connectivity index (χ4v) is 2.42. The van der Waals surface area contributed by atoms with Gasteiger partial charge in [0.15, 0.2) is 0 Å². The number of rotatable bonds is 4. The molecule has 0 N–H and O–H groups in total. The number of hydrogen-bond donors (Lipinski definition) is 0. The second-order valence-electron chi connectivity index (χ2n) is 5.23. The first-order valence-corrected chi connectivity index (χ1v) is 7.51. The van der Waals surface area contributed by atoms with E-state index >= 15 is 0 Å². The number of nitro benzene ring substituents is 1. The lowest BCUT2D eigenvalue weighted by atomic mass is 10.2. The summed E-state index contributed by atoms with van der Waals surface area (Å²) in [6.07, 6.45) is 4.52. The van der Waals surface area contributed by atoms with E-state index in [2.05, 4.69) is 10.1 Å². The van der Waals surface area contributed by atoms with Crippen LogP contribution in [0.3, 0.4) is 0 Å². The lowest BCUT2D eigenvalue weighted by Crippen LogP contribution is -2.20. The van der Waals surface area contributed by atoms with E-state index in [0.717, 1.165) is 0 Å². The van der Waals surface area contributed by atoms with Gasteiger partial charge in [-0.05, 0) is 37.3 Å². The molecule has 124 valence electrons. The zero-order valence-electron chi connectivity index (χ0n) is 13.4. The third kappa shape index (κ3) is 3.35. The Morgan fingerprint density at radius 2 is 1.88 bits per heavy atom. The Hall–Kier alpha value is -3.61. The van der Waals surface area contributed by atoms with Gasteiger partial charge in [0.05, 0.1) is 21.4 Å². The van der Waals surface area contributed by atoms with Crippen molar-refractivity contribution in [2.45, 2.75) is 6.92 Å². The second-order valence-corrected chi connectivity index (χ2v) is 5.23. The predicted octanol–water partition coefficient (Wildman–Crippen LogP) is 3.16. The van der Waals surface area contributed by atoms with Crippen LogP contribution in [0, 0.1) is 17.0 Å². The Morgan fingerprint density at radius 3 is 2.68 bits per heavy atom. The van der Waals surface area contributed by atoms with Gasteiger partial charge in [-0.1, -0.05) is 24.3 Å². The largest absolute Gasteiger partial charge is 0.282 e. The molecule has 0 aliphatic carbocycles. The summed E-state index contributed by atoms with van der Waals surface area (Å²) in [5, 5.41) is 15.6. The molecule has 2 aromatic carbocycles. The van der Waals surface area contributed by atoms with E-state index in [4.69, 9.17) is 0 Å². The molecule has 0 unspecified atom stereocenters. The van der Waals surface area contributed by atoms with Crippen LogP contribution in [-0.4, -0.2) is 20.8 Å². The van der Waals surface area contributed by atoms with Crippen LogP contribution in [0.2, 0.25) is 0 Å². The summed E-state index contributed by atoms with van der Waals surface area (Å²) < 4.78 is 1.20. The number of allylic oxidation sites excluding steroid dienone is 1. The Balaban J connectivity index is 1.92. The third-order valence-electron chi connectivity index (χ3n) is 3.59. The van der Waals surface area contributed by atoms with Crippen molar-refractivity contribution in [2.75, 3.05) is 0 Å². The maximum atomic E-state index is 12.5. The lowest BCUT2D eigenvalue weighted by molar-refractivity contribution is -0.385. The average Bonchev–Trinajstić information content (AvgIpc) is 2.61. The van der Waals surface area contributed by atoms with Crippen molar-refractivity contribution in [1.29, 1.82) is 0 Å². The number of nitrogens with zero attached hydrogens (tertiary/aromatic N) is 4. The highest BCUT2D eigenvalue weighted by Crippen LogP contribution is 2.18. The lowest BCUT2D eigenvalue weighted by Gasteiger charge is -2.04. The Bertz CT molecular complexity index is 1070. The molecule has 3 aromatic rings. The molecule has 7 heteroatoms. The van der Waals surface area contributed by atoms with Gasteiger partial charge >= 0.3 is 0 Å². The van der Waals surface area contributed by atoms with Crippen LogP contribution < -0.4 is 5.56 Å². The molecule has 0 radical (unpaired) electrons. The molecule has 3 rings (SSSR count). The standard InChI is InChI=1S/C18H14N4O3/c1-13-20-16-10-4-3-9-15(16)18(23)21(13)19-12-6-8-14-7-2-5-11-17(14)22(24)25/h2-12H,1H3/b8-6+,19-12-. The minimum absolute atomic E-state index is 0.00729. The highest BCUT2D eigenvalue weighted by atomic mass is 16.6. The van der Waals surface area contributed by atoms with E-state index in [1.54, 1.807) is 55.5 Å². The van der Waals surface area contributed by atoms with Crippen molar-refractivity contribution < 1.29 is 4.92 Å². The minimum Gasteiger partial charge on any atom is -0.267 e. The van der Waals surface area contributed by atoms with Crippen LogP contribution in [0.15, 0.2) is 64.5 Å². The number of fused-ring (bicyclic) bond motifs is 1. The quantitative estimate of drug-likeness (QED) is 0.416. The molecule has 0 saturated carbocycles. The fraction of sp³-hybridized carbons (Fsp3) is 0.0556. The van der Waals surface area contributed by atoms with Crippen LogP contribution in [0.5, 0.6) is 0 Å². The van der Waals surface area contributed by atoms with Crippen LogP contribution in [0.4, 0.5) is 5.69 Å². The highest BCUT2D eigenvalue weighted by Gasteiger charge is 2.09. The Kier molecular flexibility index (Phi) is 4.47. The molecule has 25 heavy (non-hydrogen) atoms. The van der Waals surface area contributed by atoms with E-state index in [9.17, 15) is 14.9 Å². The molecule has 1 heterocycles. The maximum Gasteiger partial charge on any atom is 0.282 e. The third-order valence-corrected chi connectivity index (χ3v) is 3.59.